The number of carboxylic acid groups (broad SMARTS) is 1. The van der Waals surface area contributed by atoms with Gasteiger partial charge in [0.05, 0.1) is 11.7 Å². The van der Waals surface area contributed by atoms with E-state index in [-0.39, 0.29) is 5.91 Å². The molecule has 0 aromatic carbocycles. The molecule has 1 aliphatic heterocycles. The normalized spacial score (nSPS) is 19.4. The van der Waals surface area contributed by atoms with Crippen LogP contribution < -0.4 is 5.32 Å². The minimum atomic E-state index is -5.08. The van der Waals surface area contributed by atoms with E-state index in [9.17, 15) is 18.0 Å². The zero-order valence-electron chi connectivity index (χ0n) is 16.8. The fraction of sp³-hybridized carbons (Fsp3) is 0.550. The van der Waals surface area contributed by atoms with Gasteiger partial charge < -0.3 is 10.4 Å². The molecule has 1 fully saturated rings. The molecule has 2 aromatic rings. The predicted molar refractivity (Wildman–Crippen MR) is 109 cm³/mol. The summed E-state index contributed by atoms with van der Waals surface area (Å²) < 4.78 is 33.9. The third kappa shape index (κ3) is 6.30. The molecule has 3 heterocycles. The van der Waals surface area contributed by atoms with Crippen LogP contribution in [0.1, 0.15) is 54.2 Å². The fourth-order valence-electron chi connectivity index (χ4n) is 4.03. The molecule has 2 aliphatic rings. The second kappa shape index (κ2) is 10.3. The Labute approximate surface area is 181 Å². The third-order valence-electron chi connectivity index (χ3n) is 5.54. The number of aliphatic carboxylic acids is 1. The molecule has 1 atom stereocenters. The van der Waals surface area contributed by atoms with Gasteiger partial charge >= 0.3 is 12.1 Å². The number of halogens is 3. The highest BCUT2D eigenvalue weighted by Gasteiger charge is 2.38. The minimum absolute atomic E-state index is 0.0281. The van der Waals surface area contributed by atoms with Gasteiger partial charge in [0.15, 0.2) is 0 Å². The highest BCUT2D eigenvalue weighted by atomic mass is 32.1. The summed E-state index contributed by atoms with van der Waals surface area (Å²) in [6, 6.07) is 5.09. The Morgan fingerprint density at radius 1 is 1.26 bits per heavy atom. The zero-order chi connectivity index (χ0) is 22.4. The van der Waals surface area contributed by atoms with Gasteiger partial charge in [-0.25, -0.2) is 4.79 Å². The first-order valence-corrected chi connectivity index (χ1v) is 11.1. The molecule has 4 rings (SSSR count). The third-order valence-corrected chi connectivity index (χ3v) is 6.22. The van der Waals surface area contributed by atoms with Crippen LogP contribution in [0.3, 0.4) is 0 Å². The second-order valence-electron chi connectivity index (χ2n) is 7.65. The van der Waals surface area contributed by atoms with Crippen molar-refractivity contribution in [2.45, 2.75) is 56.9 Å². The molecule has 1 amide bonds. The van der Waals surface area contributed by atoms with Crippen LogP contribution in [0.2, 0.25) is 0 Å². The summed E-state index contributed by atoms with van der Waals surface area (Å²) in [6.45, 7) is 2.76. The first kappa shape index (κ1) is 23.3. The smallest absolute Gasteiger partial charge is 0.475 e. The number of nitrogens with one attached hydrogen (secondary N) is 1. The van der Waals surface area contributed by atoms with Gasteiger partial charge in [-0.3, -0.25) is 14.4 Å². The maximum atomic E-state index is 12.1. The van der Waals surface area contributed by atoms with Crippen LogP contribution in [0.4, 0.5) is 13.2 Å². The molecule has 0 spiro atoms. The lowest BCUT2D eigenvalue weighted by Crippen LogP contribution is -2.43. The van der Waals surface area contributed by atoms with Gasteiger partial charge in [-0.05, 0) is 36.8 Å². The number of alkyl halides is 3. The lowest BCUT2D eigenvalue weighted by atomic mass is 10.1. The van der Waals surface area contributed by atoms with Gasteiger partial charge in [0.2, 0.25) is 0 Å². The molecular weight excluding hydrogens is 433 g/mol. The van der Waals surface area contributed by atoms with Gasteiger partial charge in [0, 0.05) is 42.8 Å². The van der Waals surface area contributed by atoms with Crippen molar-refractivity contribution in [2.24, 2.45) is 0 Å². The molecule has 1 saturated carbocycles. The van der Waals surface area contributed by atoms with Crippen molar-refractivity contribution in [1.29, 1.82) is 0 Å². The molecule has 11 heteroatoms. The summed E-state index contributed by atoms with van der Waals surface area (Å²) in [5, 5.41) is 18.5. The Kier molecular flexibility index (Phi) is 7.71. The van der Waals surface area contributed by atoms with Crippen LogP contribution in [0.5, 0.6) is 0 Å². The highest BCUT2D eigenvalue weighted by molar-refractivity contribution is 7.08. The predicted octanol–water partition coefficient (Wildman–Crippen LogP) is 3.70. The van der Waals surface area contributed by atoms with E-state index in [0.717, 1.165) is 31.1 Å². The van der Waals surface area contributed by atoms with Crippen LogP contribution in [0.25, 0.3) is 0 Å². The maximum absolute atomic E-state index is 12.1. The average molecular weight is 459 g/mol. The summed E-state index contributed by atoms with van der Waals surface area (Å²) in [4.78, 5) is 23.6. The second-order valence-corrected chi connectivity index (χ2v) is 8.43. The number of aromatic nitrogens is 2. The number of thiophene rings is 1. The van der Waals surface area contributed by atoms with Crippen LogP contribution in [0, 0.1) is 0 Å². The number of carbonyl (C=O) groups excluding carboxylic acids is 1. The molecule has 0 radical (unpaired) electrons. The van der Waals surface area contributed by atoms with Gasteiger partial charge in [0.25, 0.3) is 5.91 Å². The monoisotopic (exact) mass is 458 g/mol. The first-order valence-electron chi connectivity index (χ1n) is 10.1. The van der Waals surface area contributed by atoms with E-state index in [1.165, 1.54) is 31.4 Å². The number of rotatable bonds is 5. The molecule has 7 nitrogen and oxygen atoms in total. The number of amides is 1. The molecule has 170 valence electrons. The Morgan fingerprint density at radius 2 is 1.97 bits per heavy atom. The van der Waals surface area contributed by atoms with Crippen LogP contribution in [0.15, 0.2) is 29.1 Å². The molecule has 0 saturated heterocycles. The van der Waals surface area contributed by atoms with Crippen molar-refractivity contribution in [3.63, 3.8) is 0 Å². The number of carboxylic acids is 1. The van der Waals surface area contributed by atoms with Crippen molar-refractivity contribution in [3.05, 3.63) is 40.3 Å². The highest BCUT2D eigenvalue weighted by Crippen LogP contribution is 2.30. The van der Waals surface area contributed by atoms with E-state index in [2.05, 4.69) is 26.1 Å². The van der Waals surface area contributed by atoms with E-state index in [1.54, 1.807) is 11.3 Å². The quantitative estimate of drug-likeness (QED) is 0.714. The van der Waals surface area contributed by atoms with Gasteiger partial charge in [-0.2, -0.15) is 29.6 Å². The molecule has 31 heavy (non-hydrogen) atoms. The topological polar surface area (TPSA) is 87.5 Å². The summed E-state index contributed by atoms with van der Waals surface area (Å²) in [7, 11) is 0. The summed E-state index contributed by atoms with van der Waals surface area (Å²) in [5.41, 5.74) is 2.07. The van der Waals surface area contributed by atoms with Gasteiger partial charge in [0.1, 0.15) is 0 Å². The van der Waals surface area contributed by atoms with Crippen molar-refractivity contribution in [3.8, 4) is 0 Å². The maximum Gasteiger partial charge on any atom is 0.490 e. The number of fused-ring (bicyclic) bond motifs is 1. The summed E-state index contributed by atoms with van der Waals surface area (Å²) >= 11 is 1.55. The lowest BCUT2D eigenvalue weighted by molar-refractivity contribution is -0.192. The van der Waals surface area contributed by atoms with E-state index >= 15 is 0 Å². The average Bonchev–Trinajstić information content (AvgIpc) is 3.49. The molecule has 0 bridgehead atoms. The number of carbonyl (C=O) groups is 2. The molecular formula is C20H25F3N4O3S. The standard InChI is InChI=1S/C18H24N4OS.C2HF3O2/c23-18(14-7-10-24-13-14)19-8-5-16-11-21(15-3-1-2-4-15)12-17-6-9-20-22(16)17;3-2(4,5)1(6)7/h6-7,9-10,13,15-16H,1-5,8,11-12H2,(H,19,23);(H,6,7). The number of hydrogen-bond acceptors (Lipinski definition) is 5. The van der Waals surface area contributed by atoms with Crippen LogP contribution in [-0.2, 0) is 11.3 Å². The molecule has 2 aromatic heterocycles. The summed E-state index contributed by atoms with van der Waals surface area (Å²) in [6.07, 6.45) is 3.13. The number of hydrogen-bond donors (Lipinski definition) is 2. The van der Waals surface area contributed by atoms with Crippen molar-refractivity contribution in [1.82, 2.24) is 20.0 Å². The van der Waals surface area contributed by atoms with E-state index in [4.69, 9.17) is 9.90 Å². The molecule has 2 N–H and O–H groups in total. The van der Waals surface area contributed by atoms with Crippen LogP contribution >= 0.6 is 11.3 Å². The minimum Gasteiger partial charge on any atom is -0.475 e. The van der Waals surface area contributed by atoms with Crippen molar-refractivity contribution in [2.75, 3.05) is 13.1 Å². The Balaban J connectivity index is 0.000000339. The SMILES string of the molecule is O=C(NCCC1CN(C2CCCC2)Cc2ccnn21)c1ccsc1.O=C(O)C(F)(F)F. The van der Waals surface area contributed by atoms with E-state index < -0.39 is 12.1 Å². The lowest BCUT2D eigenvalue weighted by Gasteiger charge is -2.37. The van der Waals surface area contributed by atoms with Gasteiger partial charge in [-0.15, -0.1) is 0 Å². The fourth-order valence-corrected chi connectivity index (χ4v) is 4.66. The van der Waals surface area contributed by atoms with Crippen molar-refractivity contribution >= 4 is 23.2 Å². The zero-order valence-corrected chi connectivity index (χ0v) is 17.7. The molecule has 1 unspecified atom stereocenters. The largest absolute Gasteiger partial charge is 0.490 e. The summed E-state index contributed by atoms with van der Waals surface area (Å²) in [5.74, 6) is -2.73. The Hall–Kier alpha value is -2.40. The van der Waals surface area contributed by atoms with Crippen LogP contribution in [-0.4, -0.2) is 57.0 Å². The van der Waals surface area contributed by atoms with Gasteiger partial charge in [-0.1, -0.05) is 12.8 Å². The molecule has 1 aliphatic carbocycles. The van der Waals surface area contributed by atoms with Crippen molar-refractivity contribution < 1.29 is 27.9 Å². The Bertz CT molecular complexity index is 863. The van der Waals surface area contributed by atoms with E-state index in [1.807, 2.05) is 23.0 Å². The van der Waals surface area contributed by atoms with E-state index in [0.29, 0.717) is 12.6 Å². The first-order chi connectivity index (χ1) is 14.8. The number of nitrogens with zero attached hydrogens (tertiary/aromatic N) is 3. The Morgan fingerprint density at radius 3 is 2.58 bits per heavy atom.